The molecular weight excluding hydrogens is 180 g/mol. The van der Waals surface area contributed by atoms with Crippen molar-refractivity contribution >= 4 is 6.29 Å². The number of fused-ring (bicyclic) bond motifs is 1. The maximum Gasteiger partial charge on any atom is 0.172 e. The molecule has 2 rings (SSSR count). The standard InChI is InChI=1S/C11H12O3/c1-7-5-8(2)10-11(9(7)6-12)14-4-3-13-10/h5-6H,3-4H2,1-2H3. The van der Waals surface area contributed by atoms with Gasteiger partial charge in [-0.3, -0.25) is 4.79 Å². The van der Waals surface area contributed by atoms with Gasteiger partial charge in [0.05, 0.1) is 5.56 Å². The quantitative estimate of drug-likeness (QED) is 0.637. The molecule has 1 aromatic rings. The first-order valence-corrected chi connectivity index (χ1v) is 4.59. The highest BCUT2D eigenvalue weighted by atomic mass is 16.6. The van der Waals surface area contributed by atoms with E-state index in [-0.39, 0.29) is 0 Å². The zero-order chi connectivity index (χ0) is 10.1. The first kappa shape index (κ1) is 9.06. The summed E-state index contributed by atoms with van der Waals surface area (Å²) in [6.07, 6.45) is 0.822. The number of aryl methyl sites for hydroxylation is 2. The SMILES string of the molecule is Cc1cc(C)c2c(c1C=O)OCCO2. The summed E-state index contributed by atoms with van der Waals surface area (Å²) < 4.78 is 10.9. The van der Waals surface area contributed by atoms with Crippen LogP contribution in [-0.4, -0.2) is 19.5 Å². The summed E-state index contributed by atoms with van der Waals surface area (Å²) in [5.74, 6) is 1.31. The second-order valence-corrected chi connectivity index (χ2v) is 3.40. The fourth-order valence-electron chi connectivity index (χ4n) is 1.71. The fraction of sp³-hybridized carbons (Fsp3) is 0.364. The Labute approximate surface area is 82.6 Å². The second-order valence-electron chi connectivity index (χ2n) is 3.40. The van der Waals surface area contributed by atoms with E-state index < -0.39 is 0 Å². The van der Waals surface area contributed by atoms with Crippen LogP contribution in [0.5, 0.6) is 11.5 Å². The molecule has 0 aliphatic carbocycles. The molecule has 0 amide bonds. The van der Waals surface area contributed by atoms with Crippen LogP contribution in [-0.2, 0) is 0 Å². The van der Waals surface area contributed by atoms with Crippen molar-refractivity contribution in [3.63, 3.8) is 0 Å². The smallest absolute Gasteiger partial charge is 0.172 e. The molecule has 0 N–H and O–H groups in total. The molecule has 0 unspecified atom stereocenters. The molecule has 14 heavy (non-hydrogen) atoms. The summed E-state index contributed by atoms with van der Waals surface area (Å²) in [7, 11) is 0. The first-order chi connectivity index (χ1) is 6.74. The van der Waals surface area contributed by atoms with Gasteiger partial charge in [0.15, 0.2) is 17.8 Å². The molecule has 74 valence electrons. The van der Waals surface area contributed by atoms with E-state index in [0.29, 0.717) is 30.3 Å². The molecule has 1 aliphatic heterocycles. The van der Waals surface area contributed by atoms with Gasteiger partial charge in [0.2, 0.25) is 0 Å². The monoisotopic (exact) mass is 192 g/mol. The van der Waals surface area contributed by atoms with E-state index in [1.165, 1.54) is 0 Å². The molecule has 3 heteroatoms. The Morgan fingerprint density at radius 2 is 1.79 bits per heavy atom. The zero-order valence-electron chi connectivity index (χ0n) is 8.29. The van der Waals surface area contributed by atoms with Crippen molar-refractivity contribution in [2.75, 3.05) is 13.2 Å². The van der Waals surface area contributed by atoms with Crippen molar-refractivity contribution in [1.82, 2.24) is 0 Å². The van der Waals surface area contributed by atoms with Gasteiger partial charge in [0.25, 0.3) is 0 Å². The Kier molecular flexibility index (Phi) is 2.15. The van der Waals surface area contributed by atoms with E-state index in [2.05, 4.69) is 0 Å². The van der Waals surface area contributed by atoms with Gasteiger partial charge in [-0.2, -0.15) is 0 Å². The second kappa shape index (κ2) is 3.33. The maximum absolute atomic E-state index is 10.9. The van der Waals surface area contributed by atoms with Gasteiger partial charge in [-0.15, -0.1) is 0 Å². The van der Waals surface area contributed by atoms with Crippen LogP contribution in [0.3, 0.4) is 0 Å². The molecule has 1 heterocycles. The van der Waals surface area contributed by atoms with Crippen molar-refractivity contribution in [3.8, 4) is 11.5 Å². The van der Waals surface area contributed by atoms with Crippen molar-refractivity contribution in [1.29, 1.82) is 0 Å². The van der Waals surface area contributed by atoms with Gasteiger partial charge < -0.3 is 9.47 Å². The Morgan fingerprint density at radius 1 is 1.14 bits per heavy atom. The lowest BCUT2D eigenvalue weighted by molar-refractivity contribution is 0.111. The number of hydrogen-bond acceptors (Lipinski definition) is 3. The highest BCUT2D eigenvalue weighted by Gasteiger charge is 2.19. The molecule has 0 fully saturated rings. The summed E-state index contributed by atoms with van der Waals surface area (Å²) in [6.45, 7) is 4.91. The number of carbonyl (C=O) groups is 1. The van der Waals surface area contributed by atoms with Crippen LogP contribution in [0.2, 0.25) is 0 Å². The lowest BCUT2D eigenvalue weighted by atomic mass is 10.0. The summed E-state index contributed by atoms with van der Waals surface area (Å²) in [4.78, 5) is 10.9. The number of hydrogen-bond donors (Lipinski definition) is 0. The van der Waals surface area contributed by atoms with Gasteiger partial charge in [0, 0.05) is 0 Å². The molecular formula is C11H12O3. The van der Waals surface area contributed by atoms with Gasteiger partial charge in [-0.1, -0.05) is 6.07 Å². The fourth-order valence-corrected chi connectivity index (χ4v) is 1.71. The third-order valence-corrected chi connectivity index (χ3v) is 2.36. The van der Waals surface area contributed by atoms with Crippen LogP contribution in [0.25, 0.3) is 0 Å². The van der Waals surface area contributed by atoms with Crippen LogP contribution in [0.15, 0.2) is 6.07 Å². The summed E-state index contributed by atoms with van der Waals surface area (Å²) in [6, 6.07) is 1.94. The third kappa shape index (κ3) is 1.25. The normalized spacial score (nSPS) is 13.9. The predicted octanol–water partition coefficient (Wildman–Crippen LogP) is 1.89. The van der Waals surface area contributed by atoms with E-state index in [1.807, 2.05) is 19.9 Å². The van der Waals surface area contributed by atoms with E-state index >= 15 is 0 Å². The van der Waals surface area contributed by atoms with E-state index in [1.54, 1.807) is 0 Å². The number of benzene rings is 1. The van der Waals surface area contributed by atoms with Gasteiger partial charge in [0.1, 0.15) is 13.2 Å². The van der Waals surface area contributed by atoms with E-state index in [4.69, 9.17) is 9.47 Å². The topological polar surface area (TPSA) is 35.5 Å². The van der Waals surface area contributed by atoms with Crippen molar-refractivity contribution in [3.05, 3.63) is 22.8 Å². The van der Waals surface area contributed by atoms with Crippen LogP contribution in [0, 0.1) is 13.8 Å². The van der Waals surface area contributed by atoms with Gasteiger partial charge in [-0.25, -0.2) is 0 Å². The van der Waals surface area contributed by atoms with Crippen molar-refractivity contribution in [2.24, 2.45) is 0 Å². The van der Waals surface area contributed by atoms with Gasteiger partial charge >= 0.3 is 0 Å². The molecule has 0 radical (unpaired) electrons. The highest BCUT2D eigenvalue weighted by Crippen LogP contribution is 2.37. The predicted molar refractivity (Wildman–Crippen MR) is 52.3 cm³/mol. The number of carbonyl (C=O) groups excluding carboxylic acids is 1. The van der Waals surface area contributed by atoms with Crippen LogP contribution >= 0.6 is 0 Å². The van der Waals surface area contributed by atoms with E-state index in [9.17, 15) is 4.79 Å². The molecule has 3 nitrogen and oxygen atoms in total. The first-order valence-electron chi connectivity index (χ1n) is 4.59. The lowest BCUT2D eigenvalue weighted by Gasteiger charge is -2.22. The summed E-state index contributed by atoms with van der Waals surface area (Å²) >= 11 is 0. The minimum atomic E-state index is 0.511. The van der Waals surface area contributed by atoms with Crippen LogP contribution in [0.1, 0.15) is 21.5 Å². The Bertz CT molecular complexity index is 383. The van der Waals surface area contributed by atoms with Crippen LogP contribution in [0.4, 0.5) is 0 Å². The molecule has 0 aromatic heterocycles. The van der Waals surface area contributed by atoms with Crippen molar-refractivity contribution in [2.45, 2.75) is 13.8 Å². The molecule has 0 saturated carbocycles. The van der Waals surface area contributed by atoms with Gasteiger partial charge in [-0.05, 0) is 25.0 Å². The summed E-state index contributed by atoms with van der Waals surface area (Å²) in [5, 5.41) is 0. The van der Waals surface area contributed by atoms with E-state index in [0.717, 1.165) is 17.4 Å². The third-order valence-electron chi connectivity index (χ3n) is 2.36. The number of ether oxygens (including phenoxy) is 2. The molecule has 0 saturated heterocycles. The number of rotatable bonds is 1. The zero-order valence-corrected chi connectivity index (χ0v) is 8.29. The van der Waals surface area contributed by atoms with Crippen LogP contribution < -0.4 is 9.47 Å². The lowest BCUT2D eigenvalue weighted by Crippen LogP contribution is -2.17. The molecule has 0 atom stereocenters. The minimum absolute atomic E-state index is 0.511. The number of aldehydes is 1. The average molecular weight is 192 g/mol. The molecule has 1 aliphatic rings. The summed E-state index contributed by atoms with van der Waals surface area (Å²) in [5.41, 5.74) is 2.55. The van der Waals surface area contributed by atoms with Crippen molar-refractivity contribution < 1.29 is 14.3 Å². The Morgan fingerprint density at radius 3 is 2.43 bits per heavy atom. The Balaban J connectivity index is 2.67. The molecule has 0 spiro atoms. The average Bonchev–Trinajstić information content (AvgIpc) is 2.18. The highest BCUT2D eigenvalue weighted by molar-refractivity contribution is 5.84. The molecule has 1 aromatic carbocycles. The Hall–Kier alpha value is -1.51. The maximum atomic E-state index is 10.9. The minimum Gasteiger partial charge on any atom is -0.486 e. The largest absolute Gasteiger partial charge is 0.486 e. The molecule has 0 bridgehead atoms.